The van der Waals surface area contributed by atoms with E-state index in [1.807, 2.05) is 0 Å². The van der Waals surface area contributed by atoms with Gasteiger partial charge in [0, 0.05) is 11.3 Å². The number of nitrogens with zero attached hydrogens (tertiary/aromatic N) is 3. The molecule has 7 N–H and O–H groups in total. The molecule has 0 aromatic heterocycles. The topological polar surface area (TPSA) is 251 Å². The van der Waals surface area contributed by atoms with Gasteiger partial charge < -0.3 is 35.3 Å². The Balaban J connectivity index is 5.49. The van der Waals surface area contributed by atoms with Crippen LogP contribution in [-0.2, 0) is 18.7 Å². The monoisotopic (exact) mass is 373 g/mol. The normalized spacial score (nSPS) is 17.9. The van der Waals surface area contributed by atoms with Gasteiger partial charge in [0.25, 0.3) is 0 Å². The molecule has 138 valence electrons. The number of aliphatic carboxylic acids is 1. The molecule has 0 aromatic carbocycles. The van der Waals surface area contributed by atoms with Crippen LogP contribution in [-0.4, -0.2) is 84.1 Å². The van der Waals surface area contributed by atoms with Gasteiger partial charge in [-0.15, -0.1) is 0 Å². The van der Waals surface area contributed by atoms with Crippen LogP contribution in [0.15, 0.2) is 5.11 Å². The van der Waals surface area contributed by atoms with Crippen LogP contribution in [0.1, 0.15) is 6.42 Å². The fraction of sp³-hybridized carbons (Fsp3) is 0.778. The number of aliphatic hydroxyl groups is 4. The van der Waals surface area contributed by atoms with E-state index in [1.54, 1.807) is 0 Å². The molecule has 0 aliphatic rings. The Hall–Kier alpha value is -1.60. The van der Waals surface area contributed by atoms with Gasteiger partial charge >= 0.3 is 13.8 Å². The Labute approximate surface area is 133 Å². The van der Waals surface area contributed by atoms with Crippen molar-refractivity contribution in [2.45, 2.75) is 36.9 Å². The Morgan fingerprint density at radius 1 is 1.21 bits per heavy atom. The molecule has 0 saturated carbocycles. The van der Waals surface area contributed by atoms with Crippen molar-refractivity contribution in [1.29, 1.82) is 0 Å². The zero-order valence-corrected chi connectivity index (χ0v) is 12.7. The lowest BCUT2D eigenvalue weighted by atomic mass is 9.95. The summed E-state index contributed by atoms with van der Waals surface area (Å²) in [6, 6.07) is -1.88. The Morgan fingerprint density at radius 3 is 2.12 bits per heavy atom. The minimum absolute atomic E-state index is 1.01. The largest absolute Gasteiger partial charge is 0.475 e. The van der Waals surface area contributed by atoms with Gasteiger partial charge in [0.1, 0.15) is 12.2 Å². The van der Waals surface area contributed by atoms with Gasteiger partial charge in [-0.05, 0) is 5.53 Å². The van der Waals surface area contributed by atoms with E-state index in [4.69, 9.17) is 25.5 Å². The van der Waals surface area contributed by atoms with E-state index in [0.717, 1.165) is 0 Å². The lowest BCUT2D eigenvalue weighted by molar-refractivity contribution is -0.151. The Kier molecular flexibility index (Phi) is 8.99. The van der Waals surface area contributed by atoms with Gasteiger partial charge in [-0.1, -0.05) is 5.11 Å². The van der Waals surface area contributed by atoms with E-state index >= 15 is 0 Å². The Bertz CT molecular complexity index is 545. The SMILES string of the molecule is [N-]=[N+]=N[C@@H]([C@H](O)[C@H](O)[C@H](CC(=O)C(=O)O)OP(=O)(O)O)[C@H](O)CO. The summed E-state index contributed by atoms with van der Waals surface area (Å²) in [4.78, 5) is 41.4. The summed E-state index contributed by atoms with van der Waals surface area (Å²) >= 11 is 0. The number of carbonyl (C=O) groups excluding carboxylic acids is 1. The number of carbonyl (C=O) groups is 2. The molecule has 24 heavy (non-hydrogen) atoms. The lowest BCUT2D eigenvalue weighted by Crippen LogP contribution is -2.50. The number of hydrogen-bond acceptors (Lipinski definition) is 9. The van der Waals surface area contributed by atoms with Crippen molar-refractivity contribution in [3.63, 3.8) is 0 Å². The molecule has 15 heteroatoms. The molecule has 0 aliphatic carbocycles. The van der Waals surface area contributed by atoms with Crippen LogP contribution in [0.2, 0.25) is 0 Å². The second-order valence-corrected chi connectivity index (χ2v) is 5.69. The number of azide groups is 1. The Morgan fingerprint density at radius 2 is 1.75 bits per heavy atom. The summed E-state index contributed by atoms with van der Waals surface area (Å²) in [6.07, 6.45) is -9.90. The zero-order valence-electron chi connectivity index (χ0n) is 11.9. The van der Waals surface area contributed by atoms with E-state index in [0.29, 0.717) is 0 Å². The molecule has 0 saturated heterocycles. The molecule has 0 radical (unpaired) electrons. The molecule has 0 unspecified atom stereocenters. The van der Waals surface area contributed by atoms with Crippen LogP contribution in [0.3, 0.4) is 0 Å². The molecular weight excluding hydrogens is 357 g/mol. The standard InChI is InChI=1S/C9H16N3O11P/c10-12-11-6(4(15)2-13)8(17)7(16)5(23-24(20,21)22)1-3(14)9(18)19/h4-8,13,15-17H,1-2H2,(H,18,19)(H2,20,21,22)/t4-,5+,6-,7-,8+/m1/s1. The first-order valence-electron chi connectivity index (χ1n) is 6.14. The number of hydrogen-bond donors (Lipinski definition) is 7. The number of ketones is 1. The summed E-state index contributed by atoms with van der Waals surface area (Å²) < 4.78 is 14.9. The molecule has 14 nitrogen and oxygen atoms in total. The van der Waals surface area contributed by atoms with Crippen molar-refractivity contribution in [1.82, 2.24) is 0 Å². The summed E-state index contributed by atoms with van der Waals surface area (Å²) in [6.45, 7) is -1.01. The predicted octanol–water partition coefficient (Wildman–Crippen LogP) is -2.74. The highest BCUT2D eigenvalue weighted by molar-refractivity contribution is 7.46. The molecule has 0 bridgehead atoms. The third-order valence-electron chi connectivity index (χ3n) is 2.74. The average Bonchev–Trinajstić information content (AvgIpc) is 2.48. The van der Waals surface area contributed by atoms with Gasteiger partial charge in [0.2, 0.25) is 5.78 Å². The zero-order chi connectivity index (χ0) is 19.1. The van der Waals surface area contributed by atoms with Crippen molar-refractivity contribution in [2.24, 2.45) is 5.11 Å². The molecule has 0 fully saturated rings. The molecule has 5 atom stereocenters. The first-order chi connectivity index (χ1) is 10.9. The highest BCUT2D eigenvalue weighted by Gasteiger charge is 2.40. The third kappa shape index (κ3) is 7.31. The number of carboxylic acids is 1. The first-order valence-corrected chi connectivity index (χ1v) is 7.67. The average molecular weight is 373 g/mol. The van der Waals surface area contributed by atoms with Crippen LogP contribution in [0.4, 0.5) is 0 Å². The quantitative estimate of drug-likeness (QED) is 0.0642. The highest BCUT2D eigenvalue weighted by atomic mass is 31.2. The maximum atomic E-state index is 11.2. The maximum Gasteiger partial charge on any atom is 0.469 e. The maximum absolute atomic E-state index is 11.2. The predicted molar refractivity (Wildman–Crippen MR) is 72.2 cm³/mol. The smallest absolute Gasteiger partial charge is 0.469 e. The molecule has 0 aromatic rings. The fourth-order valence-electron chi connectivity index (χ4n) is 1.63. The van der Waals surface area contributed by atoms with E-state index in [1.165, 1.54) is 0 Å². The van der Waals surface area contributed by atoms with Crippen molar-refractivity contribution in [2.75, 3.05) is 6.61 Å². The second kappa shape index (κ2) is 9.64. The van der Waals surface area contributed by atoms with Gasteiger partial charge in [-0.3, -0.25) is 9.32 Å². The van der Waals surface area contributed by atoms with Crippen molar-refractivity contribution in [3.05, 3.63) is 10.4 Å². The molecule has 0 aliphatic heterocycles. The number of carboxylic acid groups (broad SMARTS) is 1. The molecule has 0 amide bonds. The number of Topliss-reactive ketones (excluding diaryl/α,β-unsaturated/α-hetero) is 1. The molecule has 0 rings (SSSR count). The summed E-state index contributed by atoms with van der Waals surface area (Å²) in [7, 11) is -5.31. The number of rotatable bonds is 11. The lowest BCUT2D eigenvalue weighted by Gasteiger charge is -2.30. The van der Waals surface area contributed by atoms with Crippen molar-refractivity contribution >= 4 is 19.6 Å². The van der Waals surface area contributed by atoms with Gasteiger partial charge in [0.05, 0.1) is 24.9 Å². The third-order valence-corrected chi connectivity index (χ3v) is 3.29. The summed E-state index contributed by atoms with van der Waals surface area (Å²) in [5.41, 5.74) is 8.34. The van der Waals surface area contributed by atoms with Crippen LogP contribution in [0.25, 0.3) is 10.4 Å². The van der Waals surface area contributed by atoms with Gasteiger partial charge in [-0.25, -0.2) is 9.36 Å². The van der Waals surface area contributed by atoms with Crippen LogP contribution in [0.5, 0.6) is 0 Å². The van der Waals surface area contributed by atoms with Crippen LogP contribution in [0, 0.1) is 0 Å². The van der Waals surface area contributed by atoms with E-state index < -0.39 is 63.1 Å². The second-order valence-electron chi connectivity index (χ2n) is 4.49. The number of phosphoric acid groups is 1. The van der Waals surface area contributed by atoms with Crippen molar-refractivity contribution in [3.8, 4) is 0 Å². The van der Waals surface area contributed by atoms with Crippen LogP contribution >= 0.6 is 7.82 Å². The van der Waals surface area contributed by atoms with Crippen molar-refractivity contribution < 1.29 is 54.0 Å². The number of aliphatic hydroxyl groups excluding tert-OH is 4. The van der Waals surface area contributed by atoms with E-state index in [9.17, 15) is 29.5 Å². The van der Waals surface area contributed by atoms with Gasteiger partial charge in [0.15, 0.2) is 0 Å². The highest BCUT2D eigenvalue weighted by Crippen LogP contribution is 2.39. The first kappa shape index (κ1) is 22.4. The number of phosphoric ester groups is 1. The minimum atomic E-state index is -5.31. The minimum Gasteiger partial charge on any atom is -0.475 e. The molecule has 0 heterocycles. The van der Waals surface area contributed by atoms with E-state index in [2.05, 4.69) is 14.5 Å². The fourth-order valence-corrected chi connectivity index (χ4v) is 2.18. The molecule has 0 spiro atoms. The van der Waals surface area contributed by atoms with Gasteiger partial charge in [-0.2, -0.15) is 0 Å². The summed E-state index contributed by atoms with van der Waals surface area (Å²) in [5, 5.41) is 49.3. The van der Waals surface area contributed by atoms with Crippen LogP contribution < -0.4 is 0 Å². The van der Waals surface area contributed by atoms with E-state index in [-0.39, 0.29) is 0 Å². The molecular formula is C9H16N3O11P. The summed E-state index contributed by atoms with van der Waals surface area (Å²) in [5.74, 6) is -3.58.